The molecule has 0 aromatic heterocycles. The third-order valence-electron chi connectivity index (χ3n) is 4.25. The molecule has 0 amide bonds. The summed E-state index contributed by atoms with van der Waals surface area (Å²) in [5.74, 6) is -1.10. The van der Waals surface area contributed by atoms with Gasteiger partial charge in [0.15, 0.2) is 5.78 Å². The topological polar surface area (TPSA) is 43.4 Å². The second kappa shape index (κ2) is 8.93. The van der Waals surface area contributed by atoms with E-state index in [9.17, 15) is 14.0 Å². The molecule has 0 heterocycles. The lowest BCUT2D eigenvalue weighted by molar-refractivity contribution is -0.137. The minimum absolute atomic E-state index is 0.0760. The van der Waals surface area contributed by atoms with E-state index in [1.165, 1.54) is 12.1 Å². The SMILES string of the molecule is CCOC(=O)/C=C/c1ccc(F)c(CC(=O)c2cc(Br)cc3ccccc23)c1. The molecule has 0 saturated carbocycles. The summed E-state index contributed by atoms with van der Waals surface area (Å²) in [4.78, 5) is 24.4. The fourth-order valence-corrected chi connectivity index (χ4v) is 3.44. The average molecular weight is 441 g/mol. The number of ether oxygens (including phenoxy) is 1. The Bertz CT molecular complexity index is 1070. The van der Waals surface area contributed by atoms with Crippen LogP contribution in [-0.2, 0) is 16.0 Å². The summed E-state index contributed by atoms with van der Waals surface area (Å²) < 4.78 is 19.9. The van der Waals surface area contributed by atoms with Gasteiger partial charge in [0.05, 0.1) is 6.61 Å². The summed E-state index contributed by atoms with van der Waals surface area (Å²) in [6, 6.07) is 15.7. The minimum atomic E-state index is -0.468. The molecular formula is C23H18BrFO3. The Morgan fingerprint density at radius 2 is 1.89 bits per heavy atom. The van der Waals surface area contributed by atoms with Gasteiger partial charge in [-0.15, -0.1) is 0 Å². The van der Waals surface area contributed by atoms with Crippen LogP contribution in [0.2, 0.25) is 0 Å². The Hall–Kier alpha value is -2.79. The first-order chi connectivity index (χ1) is 13.5. The molecule has 5 heteroatoms. The molecular weight excluding hydrogens is 423 g/mol. The van der Waals surface area contributed by atoms with Crippen LogP contribution in [0.4, 0.5) is 4.39 Å². The van der Waals surface area contributed by atoms with Gasteiger partial charge < -0.3 is 4.74 Å². The molecule has 3 aromatic rings. The van der Waals surface area contributed by atoms with Crippen molar-refractivity contribution in [3.63, 3.8) is 0 Å². The van der Waals surface area contributed by atoms with E-state index in [1.807, 2.05) is 30.3 Å². The highest BCUT2D eigenvalue weighted by Crippen LogP contribution is 2.26. The normalized spacial score (nSPS) is 11.1. The smallest absolute Gasteiger partial charge is 0.330 e. The zero-order valence-corrected chi connectivity index (χ0v) is 16.8. The summed E-state index contributed by atoms with van der Waals surface area (Å²) in [7, 11) is 0. The zero-order valence-electron chi connectivity index (χ0n) is 15.2. The maximum Gasteiger partial charge on any atom is 0.330 e. The number of carbonyl (C=O) groups is 2. The quantitative estimate of drug-likeness (QED) is 0.278. The first-order valence-electron chi connectivity index (χ1n) is 8.82. The molecule has 0 fully saturated rings. The maximum absolute atomic E-state index is 14.3. The molecule has 0 aliphatic heterocycles. The highest BCUT2D eigenvalue weighted by Gasteiger charge is 2.14. The van der Waals surface area contributed by atoms with Crippen LogP contribution in [0.5, 0.6) is 0 Å². The lowest BCUT2D eigenvalue weighted by Gasteiger charge is -2.09. The molecule has 0 spiro atoms. The number of ketones is 1. The molecule has 0 N–H and O–H groups in total. The Kier molecular flexibility index (Phi) is 6.37. The van der Waals surface area contributed by atoms with Crippen molar-refractivity contribution in [2.45, 2.75) is 13.3 Å². The molecule has 0 atom stereocenters. The van der Waals surface area contributed by atoms with Gasteiger partial charge in [0.2, 0.25) is 0 Å². The molecule has 3 rings (SSSR count). The van der Waals surface area contributed by atoms with Crippen LogP contribution in [0.3, 0.4) is 0 Å². The second-order valence-corrected chi connectivity index (χ2v) is 7.13. The van der Waals surface area contributed by atoms with Crippen molar-refractivity contribution >= 4 is 44.5 Å². The van der Waals surface area contributed by atoms with E-state index in [4.69, 9.17) is 4.74 Å². The van der Waals surface area contributed by atoms with Gasteiger partial charge in [-0.25, -0.2) is 9.18 Å². The van der Waals surface area contributed by atoms with E-state index in [2.05, 4.69) is 15.9 Å². The van der Waals surface area contributed by atoms with E-state index >= 15 is 0 Å². The Balaban J connectivity index is 1.89. The number of hydrogen-bond donors (Lipinski definition) is 0. The van der Waals surface area contributed by atoms with Crippen molar-refractivity contribution in [2.24, 2.45) is 0 Å². The predicted molar refractivity (Wildman–Crippen MR) is 112 cm³/mol. The van der Waals surface area contributed by atoms with Crippen LogP contribution in [0.25, 0.3) is 16.8 Å². The number of Topliss-reactive ketones (excluding diaryl/α,β-unsaturated/α-hetero) is 1. The van der Waals surface area contributed by atoms with Gasteiger partial charge in [-0.3, -0.25) is 4.79 Å². The second-order valence-electron chi connectivity index (χ2n) is 6.21. The number of hydrogen-bond acceptors (Lipinski definition) is 3. The standard InChI is InChI=1S/C23H18BrFO3/c1-2-28-23(27)10-8-15-7-9-21(25)17(11-15)13-22(26)20-14-18(24)12-16-5-3-4-6-19(16)20/h3-12,14H,2,13H2,1H3/b10-8+. The van der Waals surface area contributed by atoms with Crippen LogP contribution in [0.1, 0.15) is 28.4 Å². The monoisotopic (exact) mass is 440 g/mol. The summed E-state index contributed by atoms with van der Waals surface area (Å²) in [6.07, 6.45) is 2.75. The summed E-state index contributed by atoms with van der Waals surface area (Å²) in [5.41, 5.74) is 1.44. The molecule has 28 heavy (non-hydrogen) atoms. The lowest BCUT2D eigenvalue weighted by Crippen LogP contribution is -2.06. The largest absolute Gasteiger partial charge is 0.463 e. The molecule has 142 valence electrons. The molecule has 0 saturated heterocycles. The molecule has 3 aromatic carbocycles. The van der Waals surface area contributed by atoms with Gasteiger partial charge in [-0.1, -0.05) is 46.3 Å². The van der Waals surface area contributed by atoms with Crippen molar-refractivity contribution < 1.29 is 18.7 Å². The molecule has 3 nitrogen and oxygen atoms in total. The fraction of sp³-hybridized carbons (Fsp3) is 0.130. The Labute approximate surface area is 171 Å². The molecule has 0 unspecified atom stereocenters. The van der Waals surface area contributed by atoms with Crippen molar-refractivity contribution in [1.29, 1.82) is 0 Å². The van der Waals surface area contributed by atoms with Gasteiger partial charge in [0.1, 0.15) is 5.82 Å². The number of carbonyl (C=O) groups excluding carboxylic acids is 2. The van der Waals surface area contributed by atoms with E-state index in [0.29, 0.717) is 11.1 Å². The maximum atomic E-state index is 14.3. The summed E-state index contributed by atoms with van der Waals surface area (Å²) in [5, 5.41) is 1.77. The van der Waals surface area contributed by atoms with E-state index in [1.54, 1.807) is 31.2 Å². The van der Waals surface area contributed by atoms with Crippen LogP contribution in [0, 0.1) is 5.82 Å². The third kappa shape index (κ3) is 4.73. The molecule has 0 aliphatic rings. The van der Waals surface area contributed by atoms with Gasteiger partial charge >= 0.3 is 5.97 Å². The van der Waals surface area contributed by atoms with E-state index < -0.39 is 11.8 Å². The van der Waals surface area contributed by atoms with E-state index in [0.717, 1.165) is 15.2 Å². The number of benzene rings is 3. The molecule has 0 bridgehead atoms. The number of halogens is 2. The van der Waals surface area contributed by atoms with Gasteiger partial charge in [-0.05, 0) is 59.2 Å². The number of fused-ring (bicyclic) bond motifs is 1. The third-order valence-corrected chi connectivity index (χ3v) is 4.70. The van der Waals surface area contributed by atoms with Gasteiger partial charge in [0, 0.05) is 22.5 Å². The zero-order chi connectivity index (χ0) is 20.1. The van der Waals surface area contributed by atoms with Crippen LogP contribution < -0.4 is 0 Å². The van der Waals surface area contributed by atoms with Crippen molar-refractivity contribution in [3.05, 3.63) is 87.7 Å². The van der Waals surface area contributed by atoms with Gasteiger partial charge in [0.25, 0.3) is 0 Å². The minimum Gasteiger partial charge on any atom is -0.463 e. The van der Waals surface area contributed by atoms with Crippen LogP contribution in [-0.4, -0.2) is 18.4 Å². The highest BCUT2D eigenvalue weighted by atomic mass is 79.9. The average Bonchev–Trinajstić information content (AvgIpc) is 2.68. The summed E-state index contributed by atoms with van der Waals surface area (Å²) in [6.45, 7) is 2.01. The molecule has 0 aliphatic carbocycles. The first kappa shape index (κ1) is 20.0. The first-order valence-corrected chi connectivity index (χ1v) is 9.62. The van der Waals surface area contributed by atoms with Crippen molar-refractivity contribution in [2.75, 3.05) is 6.61 Å². The predicted octanol–water partition coefficient (Wildman–Crippen LogP) is 5.74. The van der Waals surface area contributed by atoms with Crippen molar-refractivity contribution in [3.8, 4) is 0 Å². The highest BCUT2D eigenvalue weighted by molar-refractivity contribution is 9.10. The fourth-order valence-electron chi connectivity index (χ4n) is 2.96. The van der Waals surface area contributed by atoms with Gasteiger partial charge in [-0.2, -0.15) is 0 Å². The van der Waals surface area contributed by atoms with Crippen molar-refractivity contribution in [1.82, 2.24) is 0 Å². The Morgan fingerprint density at radius 1 is 1.11 bits per heavy atom. The van der Waals surface area contributed by atoms with E-state index in [-0.39, 0.29) is 24.4 Å². The summed E-state index contributed by atoms with van der Waals surface area (Å²) >= 11 is 3.43. The lowest BCUT2D eigenvalue weighted by atomic mass is 9.96. The molecule has 0 radical (unpaired) electrons. The van der Waals surface area contributed by atoms with Crippen LogP contribution >= 0.6 is 15.9 Å². The van der Waals surface area contributed by atoms with Crippen LogP contribution in [0.15, 0.2) is 65.1 Å². The Morgan fingerprint density at radius 3 is 2.68 bits per heavy atom. The number of rotatable bonds is 6. The number of esters is 1.